The van der Waals surface area contributed by atoms with Crippen LogP contribution in [0.25, 0.3) is 110 Å². The first kappa shape index (κ1) is 32.5. The molecule has 276 valence electrons. The van der Waals surface area contributed by atoms with E-state index >= 15 is 0 Å². The van der Waals surface area contributed by atoms with Gasteiger partial charge in [0.15, 0.2) is 5.82 Å². The van der Waals surface area contributed by atoms with E-state index in [-0.39, 0.29) is 5.41 Å². The number of rotatable bonds is 3. The van der Waals surface area contributed by atoms with Crippen LogP contribution >= 0.6 is 0 Å². The number of hydrogen-bond acceptors (Lipinski definition) is 2. The molecule has 59 heavy (non-hydrogen) atoms. The maximum absolute atomic E-state index is 5.62. The van der Waals surface area contributed by atoms with E-state index < -0.39 is 0 Å². The summed E-state index contributed by atoms with van der Waals surface area (Å²) in [6.07, 6.45) is 0. The molecule has 0 amide bonds. The molecule has 0 unspecified atom stereocenters. The predicted molar refractivity (Wildman–Crippen MR) is 246 cm³/mol. The Kier molecular flexibility index (Phi) is 6.48. The summed E-state index contributed by atoms with van der Waals surface area (Å²) >= 11 is 0. The highest BCUT2D eigenvalue weighted by molar-refractivity contribution is 6.16. The summed E-state index contributed by atoms with van der Waals surface area (Å²) in [5.74, 6) is 0.824. The Morgan fingerprint density at radius 2 is 0.932 bits per heavy atom. The third kappa shape index (κ3) is 4.49. The molecular formula is C55H36N4. The van der Waals surface area contributed by atoms with E-state index in [9.17, 15) is 0 Å². The van der Waals surface area contributed by atoms with Crippen LogP contribution < -0.4 is 0 Å². The average Bonchev–Trinajstić information content (AvgIpc) is 3.86. The fourth-order valence-electron chi connectivity index (χ4n) is 10.4. The summed E-state index contributed by atoms with van der Waals surface area (Å²) in [7, 11) is 0. The fourth-order valence-corrected chi connectivity index (χ4v) is 10.4. The minimum absolute atomic E-state index is 0.238. The van der Waals surface area contributed by atoms with Gasteiger partial charge in [0.05, 0.1) is 33.1 Å². The molecular weight excluding hydrogens is 717 g/mol. The third-order valence-electron chi connectivity index (χ3n) is 13.0. The Balaban J connectivity index is 1.17. The maximum atomic E-state index is 5.62. The molecule has 0 N–H and O–H groups in total. The lowest BCUT2D eigenvalue weighted by molar-refractivity contribution is 0.661. The van der Waals surface area contributed by atoms with Gasteiger partial charge in [0.25, 0.3) is 0 Å². The molecule has 4 nitrogen and oxygen atoms in total. The number of nitrogens with zero attached hydrogens (tertiary/aromatic N) is 4. The molecule has 3 aromatic heterocycles. The van der Waals surface area contributed by atoms with Crippen LogP contribution in [-0.2, 0) is 5.41 Å². The van der Waals surface area contributed by atoms with Gasteiger partial charge >= 0.3 is 0 Å². The van der Waals surface area contributed by atoms with Gasteiger partial charge in [-0.15, -0.1) is 0 Å². The van der Waals surface area contributed by atoms with Crippen molar-refractivity contribution in [3.63, 3.8) is 0 Å². The van der Waals surface area contributed by atoms with Crippen molar-refractivity contribution in [3.05, 3.63) is 193 Å². The summed E-state index contributed by atoms with van der Waals surface area (Å²) in [6.45, 7) is 4.70. The monoisotopic (exact) mass is 752 g/mol. The first-order valence-electron chi connectivity index (χ1n) is 20.4. The van der Waals surface area contributed by atoms with Crippen molar-refractivity contribution >= 4 is 76.2 Å². The van der Waals surface area contributed by atoms with Gasteiger partial charge in [-0.2, -0.15) is 0 Å². The molecule has 1 aliphatic carbocycles. The predicted octanol–water partition coefficient (Wildman–Crippen LogP) is 14.1. The highest BCUT2D eigenvalue weighted by Crippen LogP contribution is 2.53. The zero-order valence-corrected chi connectivity index (χ0v) is 32.6. The quantitative estimate of drug-likeness (QED) is 0.180. The second-order valence-corrected chi connectivity index (χ2v) is 16.6. The van der Waals surface area contributed by atoms with E-state index in [4.69, 9.17) is 9.97 Å². The van der Waals surface area contributed by atoms with E-state index in [0.717, 1.165) is 44.8 Å². The van der Waals surface area contributed by atoms with Crippen LogP contribution in [0.15, 0.2) is 182 Å². The highest BCUT2D eigenvalue weighted by Gasteiger charge is 2.38. The summed E-state index contributed by atoms with van der Waals surface area (Å²) < 4.78 is 4.83. The van der Waals surface area contributed by atoms with Gasteiger partial charge < -0.3 is 4.57 Å². The second-order valence-electron chi connectivity index (χ2n) is 16.6. The highest BCUT2D eigenvalue weighted by atomic mass is 15.1. The van der Waals surface area contributed by atoms with Gasteiger partial charge in [-0.1, -0.05) is 141 Å². The van der Waals surface area contributed by atoms with Crippen LogP contribution in [0.5, 0.6) is 0 Å². The Morgan fingerprint density at radius 3 is 1.68 bits per heavy atom. The average molecular weight is 753 g/mol. The third-order valence-corrected chi connectivity index (χ3v) is 13.0. The van der Waals surface area contributed by atoms with Crippen LogP contribution in [-0.4, -0.2) is 19.1 Å². The molecule has 12 aromatic rings. The second kappa shape index (κ2) is 11.7. The van der Waals surface area contributed by atoms with E-state index in [1.54, 1.807) is 0 Å². The van der Waals surface area contributed by atoms with Gasteiger partial charge in [-0.25, -0.2) is 9.97 Å². The van der Waals surface area contributed by atoms with Gasteiger partial charge in [0, 0.05) is 38.2 Å². The summed E-state index contributed by atoms with van der Waals surface area (Å²) in [5, 5.41) is 9.71. The van der Waals surface area contributed by atoms with Crippen LogP contribution in [0, 0.1) is 0 Å². The molecule has 3 heterocycles. The van der Waals surface area contributed by atoms with Crippen molar-refractivity contribution in [1.82, 2.24) is 19.1 Å². The number of fused-ring (bicyclic) bond motifs is 12. The Bertz CT molecular complexity index is 3770. The number of aromatic nitrogens is 4. The minimum atomic E-state index is -0.238. The van der Waals surface area contributed by atoms with Crippen LogP contribution in [0.3, 0.4) is 0 Å². The molecule has 9 aromatic carbocycles. The molecule has 0 atom stereocenters. The van der Waals surface area contributed by atoms with Crippen molar-refractivity contribution in [3.8, 4) is 33.9 Å². The normalized spacial score (nSPS) is 13.4. The van der Waals surface area contributed by atoms with Crippen molar-refractivity contribution in [2.75, 3.05) is 0 Å². The fraction of sp³-hybridized carbons (Fsp3) is 0.0545. The van der Waals surface area contributed by atoms with E-state index in [0.29, 0.717) is 0 Å². The van der Waals surface area contributed by atoms with Gasteiger partial charge in [-0.3, -0.25) is 4.57 Å². The standard InChI is InChI=1S/C55H36N4/c1-55(2)45-22-9-7-18-38(45)41-20-13-21-42(52(41)55)53-54(57-47-24-11-10-23-46(47)56-53)59-50-31-36-17-6-4-15-34(36)29-44(50)40-27-26-37(32-51(40)59)58-48-25-12-8-19-39(48)43-28-33-14-3-5-16-35(33)30-49(43)58/h3-32H,1-2H3. The molecule has 0 bridgehead atoms. The SMILES string of the molecule is CC1(C)c2ccccc2-c2cccc(-c3nc4ccccc4nc3-n3c4cc(-n5c6ccccc6c6cc7ccccc7cc65)ccc4c4cc5ccccc5cc43)c21. The van der Waals surface area contributed by atoms with Gasteiger partial charge in [-0.05, 0) is 98.4 Å². The van der Waals surface area contributed by atoms with Crippen molar-refractivity contribution in [2.45, 2.75) is 19.3 Å². The van der Waals surface area contributed by atoms with Crippen LogP contribution in [0.2, 0.25) is 0 Å². The minimum Gasteiger partial charge on any atom is -0.309 e. The smallest absolute Gasteiger partial charge is 0.165 e. The Morgan fingerprint density at radius 1 is 0.390 bits per heavy atom. The largest absolute Gasteiger partial charge is 0.309 e. The Hall–Kier alpha value is -7.56. The zero-order chi connectivity index (χ0) is 39.0. The van der Waals surface area contributed by atoms with Crippen LogP contribution in [0.4, 0.5) is 0 Å². The maximum Gasteiger partial charge on any atom is 0.165 e. The summed E-state index contributed by atoms with van der Waals surface area (Å²) in [5.41, 5.74) is 14.3. The first-order valence-corrected chi connectivity index (χ1v) is 20.4. The number of benzene rings is 9. The summed E-state index contributed by atoms with van der Waals surface area (Å²) in [4.78, 5) is 11.2. The van der Waals surface area contributed by atoms with Crippen molar-refractivity contribution in [1.29, 1.82) is 0 Å². The van der Waals surface area contributed by atoms with E-state index in [1.165, 1.54) is 76.4 Å². The lowest BCUT2D eigenvalue weighted by atomic mass is 9.79. The topological polar surface area (TPSA) is 35.6 Å². The molecule has 0 spiro atoms. The molecule has 0 saturated carbocycles. The van der Waals surface area contributed by atoms with Gasteiger partial charge in [0.2, 0.25) is 0 Å². The molecule has 0 aliphatic heterocycles. The number of para-hydroxylation sites is 3. The lowest BCUT2D eigenvalue weighted by Gasteiger charge is -2.25. The molecule has 0 radical (unpaired) electrons. The lowest BCUT2D eigenvalue weighted by Crippen LogP contribution is -2.17. The molecule has 0 saturated heterocycles. The summed E-state index contributed by atoms with van der Waals surface area (Å²) in [6, 6.07) is 66.3. The van der Waals surface area contributed by atoms with Crippen molar-refractivity contribution in [2.24, 2.45) is 0 Å². The molecule has 4 heteroatoms. The number of hydrogen-bond donors (Lipinski definition) is 0. The van der Waals surface area contributed by atoms with E-state index in [2.05, 4.69) is 205 Å². The first-order chi connectivity index (χ1) is 29.0. The van der Waals surface area contributed by atoms with Gasteiger partial charge in [0.1, 0.15) is 5.69 Å². The Labute approximate surface area is 340 Å². The zero-order valence-electron chi connectivity index (χ0n) is 32.6. The molecule has 1 aliphatic rings. The van der Waals surface area contributed by atoms with E-state index in [1.807, 2.05) is 0 Å². The molecule has 13 rings (SSSR count). The van der Waals surface area contributed by atoms with Crippen LogP contribution in [0.1, 0.15) is 25.0 Å². The van der Waals surface area contributed by atoms with Crippen molar-refractivity contribution < 1.29 is 0 Å². The molecule has 0 fully saturated rings.